The van der Waals surface area contributed by atoms with Gasteiger partial charge in [-0.1, -0.05) is 24.3 Å². The SMILES string of the molecule is O=C(O)c1cccn(C2CCc3ccccc32)c1=O. The number of rotatable bonds is 2. The van der Waals surface area contributed by atoms with Crippen molar-refractivity contribution in [1.29, 1.82) is 0 Å². The molecule has 0 fully saturated rings. The number of carboxylic acids is 1. The molecule has 0 amide bonds. The van der Waals surface area contributed by atoms with E-state index in [1.54, 1.807) is 12.3 Å². The fourth-order valence-electron chi connectivity index (χ4n) is 2.74. The fraction of sp³-hybridized carbons (Fsp3) is 0.200. The molecule has 1 heterocycles. The molecular weight excluding hydrogens is 242 g/mol. The fourth-order valence-corrected chi connectivity index (χ4v) is 2.74. The highest BCUT2D eigenvalue weighted by molar-refractivity contribution is 5.87. The summed E-state index contributed by atoms with van der Waals surface area (Å²) in [5.41, 5.74) is 1.75. The third-order valence-corrected chi connectivity index (χ3v) is 3.64. The van der Waals surface area contributed by atoms with Crippen LogP contribution in [0, 0.1) is 0 Å². The molecule has 1 aromatic heterocycles. The number of aryl methyl sites for hydroxylation is 1. The number of nitrogens with zero attached hydrogens (tertiary/aromatic N) is 1. The van der Waals surface area contributed by atoms with E-state index in [4.69, 9.17) is 5.11 Å². The molecule has 2 aromatic rings. The Morgan fingerprint density at radius 1 is 1.21 bits per heavy atom. The van der Waals surface area contributed by atoms with Gasteiger partial charge in [0.2, 0.25) is 0 Å². The van der Waals surface area contributed by atoms with Gasteiger partial charge in [-0.15, -0.1) is 0 Å². The molecule has 0 saturated heterocycles. The van der Waals surface area contributed by atoms with E-state index in [-0.39, 0.29) is 11.6 Å². The molecule has 1 aliphatic carbocycles. The summed E-state index contributed by atoms with van der Waals surface area (Å²) in [5.74, 6) is -1.18. The number of hydrogen-bond donors (Lipinski definition) is 1. The van der Waals surface area contributed by atoms with Gasteiger partial charge in [0, 0.05) is 6.20 Å². The van der Waals surface area contributed by atoms with Crippen LogP contribution in [-0.2, 0) is 6.42 Å². The molecule has 0 saturated carbocycles. The van der Waals surface area contributed by atoms with Crippen molar-refractivity contribution in [1.82, 2.24) is 4.57 Å². The van der Waals surface area contributed by atoms with Gasteiger partial charge in [-0.25, -0.2) is 4.79 Å². The number of hydrogen-bond acceptors (Lipinski definition) is 2. The lowest BCUT2D eigenvalue weighted by Crippen LogP contribution is -2.28. The Balaban J connectivity index is 2.13. The Morgan fingerprint density at radius 2 is 2.00 bits per heavy atom. The van der Waals surface area contributed by atoms with E-state index >= 15 is 0 Å². The van der Waals surface area contributed by atoms with Gasteiger partial charge >= 0.3 is 5.97 Å². The molecule has 0 radical (unpaired) electrons. The summed E-state index contributed by atoms with van der Waals surface area (Å²) < 4.78 is 1.54. The third-order valence-electron chi connectivity index (χ3n) is 3.64. The molecule has 0 aliphatic heterocycles. The highest BCUT2D eigenvalue weighted by Crippen LogP contribution is 2.32. The molecule has 19 heavy (non-hydrogen) atoms. The predicted molar refractivity (Wildman–Crippen MR) is 70.6 cm³/mol. The zero-order valence-corrected chi connectivity index (χ0v) is 10.2. The van der Waals surface area contributed by atoms with E-state index in [2.05, 4.69) is 6.07 Å². The van der Waals surface area contributed by atoms with Crippen molar-refractivity contribution in [3.05, 3.63) is 69.6 Å². The Kier molecular flexibility index (Phi) is 2.71. The summed E-state index contributed by atoms with van der Waals surface area (Å²) in [5, 5.41) is 9.01. The maximum atomic E-state index is 12.2. The molecule has 96 valence electrons. The van der Waals surface area contributed by atoms with Crippen molar-refractivity contribution in [3.8, 4) is 0 Å². The normalized spacial score (nSPS) is 17.2. The molecule has 4 heteroatoms. The second-order valence-electron chi connectivity index (χ2n) is 4.69. The van der Waals surface area contributed by atoms with Gasteiger partial charge in [0.15, 0.2) is 0 Å². The van der Waals surface area contributed by atoms with Crippen molar-refractivity contribution >= 4 is 5.97 Å². The summed E-state index contributed by atoms with van der Waals surface area (Å²) in [7, 11) is 0. The predicted octanol–water partition coefficient (Wildman–Crippen LogP) is 2.08. The molecule has 1 N–H and O–H groups in total. The molecule has 1 aromatic carbocycles. The second kappa shape index (κ2) is 4.39. The zero-order chi connectivity index (χ0) is 13.4. The van der Waals surface area contributed by atoms with Crippen molar-refractivity contribution in [2.75, 3.05) is 0 Å². The highest BCUT2D eigenvalue weighted by Gasteiger charge is 2.25. The molecule has 4 nitrogen and oxygen atoms in total. The largest absolute Gasteiger partial charge is 0.477 e. The molecule has 0 bridgehead atoms. The number of aromatic carboxylic acids is 1. The number of benzene rings is 1. The molecule has 1 unspecified atom stereocenters. The minimum atomic E-state index is -1.18. The van der Waals surface area contributed by atoms with Crippen LogP contribution in [0.25, 0.3) is 0 Å². The number of carbonyl (C=O) groups is 1. The lowest BCUT2D eigenvalue weighted by Gasteiger charge is -2.15. The first-order valence-corrected chi connectivity index (χ1v) is 6.21. The summed E-state index contributed by atoms with van der Waals surface area (Å²) in [6.07, 6.45) is 3.43. The Hall–Kier alpha value is -2.36. The van der Waals surface area contributed by atoms with Gasteiger partial charge in [-0.05, 0) is 36.1 Å². The van der Waals surface area contributed by atoms with Crippen LogP contribution in [0.4, 0.5) is 0 Å². The van der Waals surface area contributed by atoms with Crippen LogP contribution in [0.5, 0.6) is 0 Å². The number of carboxylic acid groups (broad SMARTS) is 1. The lowest BCUT2D eigenvalue weighted by molar-refractivity contribution is 0.0694. The Labute approximate surface area is 109 Å². The van der Waals surface area contributed by atoms with E-state index in [1.165, 1.54) is 16.2 Å². The lowest BCUT2D eigenvalue weighted by atomic mass is 10.1. The Morgan fingerprint density at radius 3 is 2.79 bits per heavy atom. The third kappa shape index (κ3) is 1.85. The number of aromatic nitrogens is 1. The van der Waals surface area contributed by atoms with Gasteiger partial charge < -0.3 is 9.67 Å². The van der Waals surface area contributed by atoms with Crippen LogP contribution in [0.15, 0.2) is 47.4 Å². The minimum Gasteiger partial charge on any atom is -0.477 e. The first kappa shape index (κ1) is 11.7. The van der Waals surface area contributed by atoms with Crippen LogP contribution in [0.1, 0.15) is 33.9 Å². The minimum absolute atomic E-state index is 0.0528. The van der Waals surface area contributed by atoms with E-state index in [1.807, 2.05) is 18.2 Å². The summed E-state index contributed by atoms with van der Waals surface area (Å²) in [6, 6.07) is 10.9. The zero-order valence-electron chi connectivity index (χ0n) is 10.2. The highest BCUT2D eigenvalue weighted by atomic mass is 16.4. The first-order valence-electron chi connectivity index (χ1n) is 6.21. The smallest absolute Gasteiger partial charge is 0.341 e. The van der Waals surface area contributed by atoms with Gasteiger partial charge in [0.1, 0.15) is 5.56 Å². The van der Waals surface area contributed by atoms with Crippen LogP contribution in [0.3, 0.4) is 0 Å². The maximum Gasteiger partial charge on any atom is 0.341 e. The van der Waals surface area contributed by atoms with Crippen LogP contribution < -0.4 is 5.56 Å². The molecule has 3 rings (SSSR count). The quantitative estimate of drug-likeness (QED) is 0.893. The standard InChI is InChI=1S/C15H13NO3/c17-14-12(15(18)19)6-3-9-16(14)13-8-7-10-4-1-2-5-11(10)13/h1-6,9,13H,7-8H2,(H,18,19). The van der Waals surface area contributed by atoms with Gasteiger partial charge in [-0.2, -0.15) is 0 Å². The van der Waals surface area contributed by atoms with Crippen molar-refractivity contribution in [2.24, 2.45) is 0 Å². The summed E-state index contributed by atoms with van der Waals surface area (Å²) in [4.78, 5) is 23.2. The maximum absolute atomic E-state index is 12.2. The van der Waals surface area contributed by atoms with E-state index in [0.717, 1.165) is 18.4 Å². The molecule has 1 aliphatic rings. The summed E-state index contributed by atoms with van der Waals surface area (Å²) in [6.45, 7) is 0. The molecule has 1 atom stereocenters. The van der Waals surface area contributed by atoms with Gasteiger partial charge in [0.25, 0.3) is 5.56 Å². The van der Waals surface area contributed by atoms with E-state index in [0.29, 0.717) is 0 Å². The van der Waals surface area contributed by atoms with E-state index in [9.17, 15) is 9.59 Å². The van der Waals surface area contributed by atoms with Gasteiger partial charge in [0.05, 0.1) is 6.04 Å². The number of fused-ring (bicyclic) bond motifs is 1. The van der Waals surface area contributed by atoms with E-state index < -0.39 is 11.5 Å². The van der Waals surface area contributed by atoms with Gasteiger partial charge in [-0.3, -0.25) is 4.79 Å². The average Bonchev–Trinajstić information content (AvgIpc) is 2.82. The molecular formula is C15H13NO3. The van der Waals surface area contributed by atoms with Crippen LogP contribution >= 0.6 is 0 Å². The molecule has 0 spiro atoms. The van der Waals surface area contributed by atoms with Crippen LogP contribution in [0.2, 0.25) is 0 Å². The van der Waals surface area contributed by atoms with Crippen molar-refractivity contribution in [2.45, 2.75) is 18.9 Å². The van der Waals surface area contributed by atoms with Crippen molar-refractivity contribution < 1.29 is 9.90 Å². The summed E-state index contributed by atoms with van der Waals surface area (Å²) >= 11 is 0. The average molecular weight is 255 g/mol. The van der Waals surface area contributed by atoms with Crippen molar-refractivity contribution in [3.63, 3.8) is 0 Å². The monoisotopic (exact) mass is 255 g/mol. The topological polar surface area (TPSA) is 59.3 Å². The first-order chi connectivity index (χ1) is 9.18. The second-order valence-corrected chi connectivity index (χ2v) is 4.69. The number of pyridine rings is 1. The Bertz CT molecular complexity index is 703. The van der Waals surface area contributed by atoms with Crippen LogP contribution in [-0.4, -0.2) is 15.6 Å².